The first-order valence-corrected chi connectivity index (χ1v) is 7.45. The first-order chi connectivity index (χ1) is 8.53. The van der Waals surface area contributed by atoms with Crippen molar-refractivity contribution in [3.8, 4) is 5.75 Å². The third-order valence-corrected chi connectivity index (χ3v) is 4.30. The lowest BCUT2D eigenvalue weighted by molar-refractivity contribution is 0.254. The summed E-state index contributed by atoms with van der Waals surface area (Å²) in [5, 5.41) is 2.89. The van der Waals surface area contributed by atoms with Gasteiger partial charge in [-0.05, 0) is 37.7 Å². The van der Waals surface area contributed by atoms with Gasteiger partial charge >= 0.3 is 0 Å². The van der Waals surface area contributed by atoms with Crippen molar-refractivity contribution in [2.24, 2.45) is 0 Å². The molecule has 1 aromatic rings. The first-order valence-electron chi connectivity index (χ1n) is 5.97. The third kappa shape index (κ3) is 3.82. The van der Waals surface area contributed by atoms with Crippen LogP contribution in [0.4, 0.5) is 0 Å². The summed E-state index contributed by atoms with van der Waals surface area (Å²) in [5.41, 5.74) is 0.957. The van der Waals surface area contributed by atoms with Gasteiger partial charge in [-0.2, -0.15) is 0 Å². The van der Waals surface area contributed by atoms with E-state index in [4.69, 9.17) is 4.74 Å². The Morgan fingerprint density at radius 3 is 2.79 bits per heavy atom. The monoisotopic (exact) mass is 306 g/mol. The molecule has 0 aliphatic carbocycles. The maximum Gasteiger partial charge on any atom is 0.240 e. The van der Waals surface area contributed by atoms with E-state index >= 15 is 0 Å². The van der Waals surface area contributed by atoms with Gasteiger partial charge in [0.1, 0.15) is 11.9 Å². The van der Waals surface area contributed by atoms with E-state index in [1.807, 2.05) is 6.92 Å². The summed E-state index contributed by atoms with van der Waals surface area (Å²) in [6.07, 6.45) is 0.880. The maximum atomic E-state index is 12.0. The van der Waals surface area contributed by atoms with E-state index in [1.165, 1.54) is 0 Å². The zero-order valence-electron chi connectivity index (χ0n) is 11.0. The van der Waals surface area contributed by atoms with Gasteiger partial charge in [-0.15, -0.1) is 12.4 Å². The fourth-order valence-corrected chi connectivity index (χ4v) is 3.04. The molecule has 2 rings (SSSR count). The van der Waals surface area contributed by atoms with Crippen LogP contribution in [-0.4, -0.2) is 34.7 Å². The van der Waals surface area contributed by atoms with E-state index in [0.29, 0.717) is 18.0 Å². The second kappa shape index (κ2) is 6.56. The largest absolute Gasteiger partial charge is 0.490 e. The molecule has 108 valence electrons. The Balaban J connectivity index is 0.00000180. The minimum Gasteiger partial charge on any atom is -0.490 e. The lowest BCUT2D eigenvalue weighted by Crippen LogP contribution is -2.30. The SMILES string of the molecule is CNCCNS(=O)(=O)c1ccc2c(c1)CC(C)O2.Cl. The Hall–Kier alpha value is -0.820. The highest BCUT2D eigenvalue weighted by Gasteiger charge is 2.22. The van der Waals surface area contributed by atoms with Gasteiger partial charge in [-0.1, -0.05) is 0 Å². The molecule has 19 heavy (non-hydrogen) atoms. The van der Waals surface area contributed by atoms with Gasteiger partial charge in [-0.25, -0.2) is 13.1 Å². The van der Waals surface area contributed by atoms with E-state index < -0.39 is 10.0 Å². The molecule has 5 nitrogen and oxygen atoms in total. The highest BCUT2D eigenvalue weighted by molar-refractivity contribution is 7.89. The highest BCUT2D eigenvalue weighted by atomic mass is 35.5. The number of hydrogen-bond donors (Lipinski definition) is 2. The Morgan fingerprint density at radius 2 is 2.11 bits per heavy atom. The quantitative estimate of drug-likeness (QED) is 0.794. The number of rotatable bonds is 5. The van der Waals surface area contributed by atoms with Crippen molar-refractivity contribution in [3.05, 3.63) is 23.8 Å². The van der Waals surface area contributed by atoms with Crippen molar-refractivity contribution >= 4 is 22.4 Å². The van der Waals surface area contributed by atoms with Crippen LogP contribution in [0.2, 0.25) is 0 Å². The van der Waals surface area contributed by atoms with Gasteiger partial charge in [-0.3, -0.25) is 0 Å². The normalized spacial score (nSPS) is 17.5. The Bertz CT molecular complexity index is 534. The number of likely N-dealkylation sites (N-methyl/N-ethyl adjacent to an activating group) is 1. The van der Waals surface area contributed by atoms with Crippen LogP contribution in [0.25, 0.3) is 0 Å². The number of sulfonamides is 1. The number of ether oxygens (including phenoxy) is 1. The number of fused-ring (bicyclic) bond motifs is 1. The molecule has 0 bridgehead atoms. The summed E-state index contributed by atoms with van der Waals surface area (Å²) in [4.78, 5) is 0.301. The molecular formula is C12H19ClN2O3S. The van der Waals surface area contributed by atoms with E-state index in [1.54, 1.807) is 25.2 Å². The summed E-state index contributed by atoms with van der Waals surface area (Å²) in [6.45, 7) is 2.95. The predicted octanol–water partition coefficient (Wildman–Crippen LogP) is 0.929. The molecule has 1 unspecified atom stereocenters. The number of nitrogens with one attached hydrogen (secondary N) is 2. The molecule has 1 aliphatic heterocycles. The number of halogens is 1. The van der Waals surface area contributed by atoms with Crippen LogP contribution in [0.1, 0.15) is 12.5 Å². The number of benzene rings is 1. The molecule has 1 aliphatic rings. The second-order valence-electron chi connectivity index (χ2n) is 4.40. The molecule has 0 fully saturated rings. The molecule has 0 amide bonds. The lowest BCUT2D eigenvalue weighted by atomic mass is 10.1. The zero-order chi connectivity index (χ0) is 13.2. The Kier molecular flexibility index (Phi) is 5.61. The minimum absolute atomic E-state index is 0. The van der Waals surface area contributed by atoms with Gasteiger partial charge in [0, 0.05) is 19.5 Å². The van der Waals surface area contributed by atoms with Crippen LogP contribution >= 0.6 is 12.4 Å². The fourth-order valence-electron chi connectivity index (χ4n) is 1.96. The van der Waals surface area contributed by atoms with Crippen LogP contribution in [0.15, 0.2) is 23.1 Å². The molecule has 0 spiro atoms. The van der Waals surface area contributed by atoms with Crippen molar-refractivity contribution in [1.82, 2.24) is 10.0 Å². The van der Waals surface area contributed by atoms with Gasteiger partial charge < -0.3 is 10.1 Å². The van der Waals surface area contributed by atoms with Gasteiger partial charge in [0.25, 0.3) is 0 Å². The molecule has 7 heteroatoms. The molecule has 1 aromatic carbocycles. The van der Waals surface area contributed by atoms with E-state index in [0.717, 1.165) is 17.7 Å². The average Bonchev–Trinajstić information content (AvgIpc) is 2.68. The van der Waals surface area contributed by atoms with Crippen LogP contribution in [0, 0.1) is 0 Å². The summed E-state index contributed by atoms with van der Waals surface area (Å²) in [6, 6.07) is 5.00. The van der Waals surface area contributed by atoms with Crippen LogP contribution in [-0.2, 0) is 16.4 Å². The van der Waals surface area contributed by atoms with Crippen molar-refractivity contribution in [1.29, 1.82) is 0 Å². The highest BCUT2D eigenvalue weighted by Crippen LogP contribution is 2.30. The number of hydrogen-bond acceptors (Lipinski definition) is 4. The molecular weight excluding hydrogens is 288 g/mol. The van der Waals surface area contributed by atoms with Crippen molar-refractivity contribution in [2.75, 3.05) is 20.1 Å². The molecule has 0 radical (unpaired) electrons. The molecule has 0 saturated heterocycles. The van der Waals surface area contributed by atoms with Crippen molar-refractivity contribution < 1.29 is 13.2 Å². The molecule has 1 heterocycles. The predicted molar refractivity (Wildman–Crippen MR) is 76.6 cm³/mol. The molecule has 2 N–H and O–H groups in total. The Labute approximate surface area is 120 Å². The van der Waals surface area contributed by atoms with Crippen molar-refractivity contribution in [2.45, 2.75) is 24.3 Å². The van der Waals surface area contributed by atoms with Gasteiger partial charge in [0.2, 0.25) is 10.0 Å². The zero-order valence-corrected chi connectivity index (χ0v) is 12.6. The second-order valence-corrected chi connectivity index (χ2v) is 6.17. The summed E-state index contributed by atoms with van der Waals surface area (Å²) < 4.78 is 32.1. The summed E-state index contributed by atoms with van der Waals surface area (Å²) >= 11 is 0. The fraction of sp³-hybridized carbons (Fsp3) is 0.500. The molecule has 0 saturated carbocycles. The van der Waals surface area contributed by atoms with Crippen molar-refractivity contribution in [3.63, 3.8) is 0 Å². The maximum absolute atomic E-state index is 12.0. The van der Waals surface area contributed by atoms with Crippen LogP contribution in [0.3, 0.4) is 0 Å². The molecule has 1 atom stereocenters. The average molecular weight is 307 g/mol. The summed E-state index contributed by atoms with van der Waals surface area (Å²) in [5.74, 6) is 0.789. The van der Waals surface area contributed by atoms with Gasteiger partial charge in [0.05, 0.1) is 4.90 Å². The molecule has 0 aromatic heterocycles. The lowest BCUT2D eigenvalue weighted by Gasteiger charge is -2.07. The summed E-state index contributed by atoms with van der Waals surface area (Å²) in [7, 11) is -1.64. The van der Waals surface area contributed by atoms with E-state index in [-0.39, 0.29) is 18.5 Å². The van der Waals surface area contributed by atoms with E-state index in [9.17, 15) is 8.42 Å². The smallest absolute Gasteiger partial charge is 0.240 e. The topological polar surface area (TPSA) is 67.4 Å². The first kappa shape index (κ1) is 16.2. The van der Waals surface area contributed by atoms with Gasteiger partial charge in [0.15, 0.2) is 0 Å². The minimum atomic E-state index is -3.42. The standard InChI is InChI=1S/C12H18N2O3S.ClH/c1-9-7-10-8-11(3-4-12(10)17-9)18(15,16)14-6-5-13-2;/h3-4,8-9,13-14H,5-7H2,1-2H3;1H. The Morgan fingerprint density at radius 1 is 1.37 bits per heavy atom. The van der Waals surface area contributed by atoms with E-state index in [2.05, 4.69) is 10.0 Å². The van der Waals surface area contributed by atoms with Crippen LogP contribution < -0.4 is 14.8 Å². The third-order valence-electron chi connectivity index (χ3n) is 2.84. The van der Waals surface area contributed by atoms with Crippen LogP contribution in [0.5, 0.6) is 5.75 Å².